The summed E-state index contributed by atoms with van der Waals surface area (Å²) in [6.45, 7) is 10.4. The SMILES string of the molecule is CC(C)Cn1ncnc1CNc1ccccc1C(C)C. The summed E-state index contributed by atoms with van der Waals surface area (Å²) in [4.78, 5) is 4.35. The lowest BCUT2D eigenvalue weighted by atomic mass is 10.0. The van der Waals surface area contributed by atoms with Gasteiger partial charge in [-0.2, -0.15) is 5.10 Å². The van der Waals surface area contributed by atoms with Gasteiger partial charge in [-0.25, -0.2) is 9.67 Å². The summed E-state index contributed by atoms with van der Waals surface area (Å²) in [5.41, 5.74) is 2.52. The minimum atomic E-state index is 0.507. The summed E-state index contributed by atoms with van der Waals surface area (Å²) >= 11 is 0. The predicted molar refractivity (Wildman–Crippen MR) is 82.7 cm³/mol. The van der Waals surface area contributed by atoms with Crippen LogP contribution in [0.4, 0.5) is 5.69 Å². The van der Waals surface area contributed by atoms with Crippen LogP contribution in [-0.2, 0) is 13.1 Å². The van der Waals surface area contributed by atoms with Gasteiger partial charge >= 0.3 is 0 Å². The first-order valence-corrected chi connectivity index (χ1v) is 7.27. The van der Waals surface area contributed by atoms with Crippen molar-refractivity contribution in [1.82, 2.24) is 14.8 Å². The molecule has 108 valence electrons. The monoisotopic (exact) mass is 272 g/mol. The van der Waals surface area contributed by atoms with Gasteiger partial charge in [0.1, 0.15) is 12.2 Å². The lowest BCUT2D eigenvalue weighted by Gasteiger charge is -2.15. The van der Waals surface area contributed by atoms with Gasteiger partial charge in [-0.3, -0.25) is 0 Å². The Balaban J connectivity index is 2.08. The van der Waals surface area contributed by atoms with Crippen LogP contribution in [0.3, 0.4) is 0 Å². The molecule has 1 aromatic carbocycles. The summed E-state index contributed by atoms with van der Waals surface area (Å²) < 4.78 is 1.98. The van der Waals surface area contributed by atoms with E-state index in [2.05, 4.69) is 67.4 Å². The van der Waals surface area contributed by atoms with Crippen molar-refractivity contribution in [3.05, 3.63) is 42.0 Å². The zero-order valence-electron chi connectivity index (χ0n) is 12.8. The highest BCUT2D eigenvalue weighted by molar-refractivity contribution is 5.52. The summed E-state index contributed by atoms with van der Waals surface area (Å²) in [5, 5.41) is 7.78. The minimum absolute atomic E-state index is 0.507. The van der Waals surface area contributed by atoms with Crippen LogP contribution in [0.1, 0.15) is 45.0 Å². The van der Waals surface area contributed by atoms with Crippen molar-refractivity contribution in [1.29, 1.82) is 0 Å². The van der Waals surface area contributed by atoms with E-state index < -0.39 is 0 Å². The quantitative estimate of drug-likeness (QED) is 0.872. The van der Waals surface area contributed by atoms with E-state index in [0.29, 0.717) is 18.4 Å². The topological polar surface area (TPSA) is 42.7 Å². The van der Waals surface area contributed by atoms with E-state index in [9.17, 15) is 0 Å². The number of nitrogens with one attached hydrogen (secondary N) is 1. The zero-order valence-corrected chi connectivity index (χ0v) is 12.8. The maximum Gasteiger partial charge on any atom is 0.146 e. The molecule has 0 atom stereocenters. The van der Waals surface area contributed by atoms with E-state index in [1.165, 1.54) is 11.3 Å². The fourth-order valence-electron chi connectivity index (χ4n) is 2.26. The molecular weight excluding hydrogens is 248 g/mol. The van der Waals surface area contributed by atoms with Crippen LogP contribution in [0.25, 0.3) is 0 Å². The third-order valence-corrected chi connectivity index (χ3v) is 3.25. The highest BCUT2D eigenvalue weighted by atomic mass is 15.3. The van der Waals surface area contributed by atoms with Crippen molar-refractivity contribution in [2.75, 3.05) is 5.32 Å². The Kier molecular flexibility index (Phi) is 4.77. The van der Waals surface area contributed by atoms with Gasteiger partial charge in [-0.1, -0.05) is 45.9 Å². The molecule has 4 heteroatoms. The maximum atomic E-state index is 4.35. The Morgan fingerprint density at radius 2 is 1.90 bits per heavy atom. The second kappa shape index (κ2) is 6.55. The average molecular weight is 272 g/mol. The van der Waals surface area contributed by atoms with Gasteiger partial charge in [-0.05, 0) is 23.5 Å². The van der Waals surface area contributed by atoms with Gasteiger partial charge in [0.05, 0.1) is 6.54 Å². The molecule has 20 heavy (non-hydrogen) atoms. The summed E-state index contributed by atoms with van der Waals surface area (Å²) in [6, 6.07) is 8.44. The summed E-state index contributed by atoms with van der Waals surface area (Å²) in [7, 11) is 0. The van der Waals surface area contributed by atoms with Gasteiger partial charge in [0, 0.05) is 12.2 Å². The minimum Gasteiger partial charge on any atom is -0.378 e. The van der Waals surface area contributed by atoms with E-state index >= 15 is 0 Å². The van der Waals surface area contributed by atoms with Crippen molar-refractivity contribution in [2.24, 2.45) is 5.92 Å². The van der Waals surface area contributed by atoms with E-state index in [-0.39, 0.29) is 0 Å². The van der Waals surface area contributed by atoms with Crippen LogP contribution in [-0.4, -0.2) is 14.8 Å². The second-order valence-electron chi connectivity index (χ2n) is 5.85. The Bertz CT molecular complexity index is 543. The number of hydrogen-bond donors (Lipinski definition) is 1. The summed E-state index contributed by atoms with van der Waals surface area (Å²) in [6.07, 6.45) is 1.63. The molecule has 2 rings (SSSR count). The van der Waals surface area contributed by atoms with Gasteiger partial charge in [0.15, 0.2) is 0 Å². The van der Waals surface area contributed by atoms with Gasteiger partial charge in [0.25, 0.3) is 0 Å². The van der Waals surface area contributed by atoms with Crippen LogP contribution < -0.4 is 5.32 Å². The molecular formula is C16H24N4. The van der Waals surface area contributed by atoms with Gasteiger partial charge < -0.3 is 5.32 Å². The van der Waals surface area contributed by atoms with Crippen molar-refractivity contribution in [3.63, 3.8) is 0 Å². The zero-order chi connectivity index (χ0) is 14.5. The molecule has 0 fully saturated rings. The Morgan fingerprint density at radius 1 is 1.15 bits per heavy atom. The molecule has 0 aliphatic heterocycles. The number of nitrogens with zero attached hydrogens (tertiary/aromatic N) is 3. The molecule has 1 heterocycles. The lowest BCUT2D eigenvalue weighted by Crippen LogP contribution is -2.14. The first-order valence-electron chi connectivity index (χ1n) is 7.27. The largest absolute Gasteiger partial charge is 0.378 e. The molecule has 0 radical (unpaired) electrons. The normalized spacial score (nSPS) is 11.3. The molecule has 2 aromatic rings. The lowest BCUT2D eigenvalue weighted by molar-refractivity contribution is 0.468. The number of hydrogen-bond acceptors (Lipinski definition) is 3. The highest BCUT2D eigenvalue weighted by Gasteiger charge is 2.08. The van der Waals surface area contributed by atoms with Crippen LogP contribution in [0.2, 0.25) is 0 Å². The van der Waals surface area contributed by atoms with Crippen molar-refractivity contribution in [2.45, 2.75) is 46.7 Å². The molecule has 0 bridgehead atoms. The fourth-order valence-corrected chi connectivity index (χ4v) is 2.26. The molecule has 0 saturated heterocycles. The third-order valence-electron chi connectivity index (χ3n) is 3.25. The van der Waals surface area contributed by atoms with Crippen LogP contribution in [0, 0.1) is 5.92 Å². The molecule has 0 spiro atoms. The van der Waals surface area contributed by atoms with Crippen LogP contribution >= 0.6 is 0 Å². The molecule has 0 saturated carbocycles. The highest BCUT2D eigenvalue weighted by Crippen LogP contribution is 2.23. The number of benzene rings is 1. The van der Waals surface area contributed by atoms with Crippen LogP contribution in [0.5, 0.6) is 0 Å². The van der Waals surface area contributed by atoms with Gasteiger partial charge in [0.2, 0.25) is 0 Å². The predicted octanol–water partition coefficient (Wildman–Crippen LogP) is 3.67. The summed E-state index contributed by atoms with van der Waals surface area (Å²) in [5.74, 6) is 2.06. The Labute approximate surface area is 121 Å². The molecule has 0 aliphatic rings. The maximum absolute atomic E-state index is 4.35. The third kappa shape index (κ3) is 3.59. The molecule has 0 unspecified atom stereocenters. The Hall–Kier alpha value is -1.84. The second-order valence-corrected chi connectivity index (χ2v) is 5.85. The van der Waals surface area contributed by atoms with Crippen LogP contribution in [0.15, 0.2) is 30.6 Å². The number of aromatic nitrogens is 3. The van der Waals surface area contributed by atoms with Gasteiger partial charge in [-0.15, -0.1) is 0 Å². The molecule has 0 amide bonds. The molecule has 1 aromatic heterocycles. The van der Waals surface area contributed by atoms with E-state index in [1.807, 2.05) is 4.68 Å². The average Bonchev–Trinajstić information content (AvgIpc) is 2.83. The van der Waals surface area contributed by atoms with Crippen molar-refractivity contribution < 1.29 is 0 Å². The van der Waals surface area contributed by atoms with Crippen molar-refractivity contribution in [3.8, 4) is 0 Å². The first-order chi connectivity index (χ1) is 9.58. The van der Waals surface area contributed by atoms with E-state index in [1.54, 1.807) is 6.33 Å². The Morgan fingerprint density at radius 3 is 2.60 bits per heavy atom. The number of para-hydroxylation sites is 1. The smallest absolute Gasteiger partial charge is 0.146 e. The van der Waals surface area contributed by atoms with E-state index in [0.717, 1.165) is 12.4 Å². The molecule has 4 nitrogen and oxygen atoms in total. The van der Waals surface area contributed by atoms with E-state index in [4.69, 9.17) is 0 Å². The molecule has 0 aliphatic carbocycles. The standard InChI is InChI=1S/C16H24N4/c1-12(2)10-20-16(18-11-19-20)9-17-15-8-6-5-7-14(15)13(3)4/h5-8,11-13,17H,9-10H2,1-4H3. The first kappa shape index (κ1) is 14.6. The number of rotatable bonds is 6. The fraction of sp³-hybridized carbons (Fsp3) is 0.500. The van der Waals surface area contributed by atoms with Crippen molar-refractivity contribution >= 4 is 5.69 Å². The molecule has 1 N–H and O–H groups in total. The number of anilines is 1.